The minimum atomic E-state index is -3.80. The van der Waals surface area contributed by atoms with Crippen LogP contribution in [-0.4, -0.2) is 37.1 Å². The molecule has 1 aliphatic heterocycles. The minimum absolute atomic E-state index is 0.203. The van der Waals surface area contributed by atoms with Gasteiger partial charge >= 0.3 is 0 Å². The molecule has 0 N–H and O–H groups in total. The summed E-state index contributed by atoms with van der Waals surface area (Å²) in [6.45, 7) is 8.29. The average molecular weight is 373 g/mol. The van der Waals surface area contributed by atoms with E-state index in [9.17, 15) is 9.59 Å². The number of nitrogens with zero attached hydrogens (tertiary/aromatic N) is 1. The Labute approximate surface area is 169 Å². The van der Waals surface area contributed by atoms with Crippen LogP contribution in [0, 0.1) is 0 Å². The number of fused-ring (bicyclic) bond motifs is 1. The first kappa shape index (κ1) is 8.05. The van der Waals surface area contributed by atoms with E-state index in [1.54, 1.807) is 33.9 Å². The molecule has 25 heavy (non-hydrogen) atoms. The van der Waals surface area contributed by atoms with E-state index in [1.807, 2.05) is 0 Å². The number of benzene rings is 1. The van der Waals surface area contributed by atoms with Gasteiger partial charge in [0.15, 0.2) is 8.32 Å². The van der Waals surface area contributed by atoms with Crippen molar-refractivity contribution < 1.29 is 31.8 Å². The zero-order valence-corrected chi connectivity index (χ0v) is 15.7. The van der Waals surface area contributed by atoms with Crippen molar-refractivity contribution in [3.05, 3.63) is 35.3 Å². The molecule has 1 unspecified atom stereocenters. The van der Waals surface area contributed by atoms with Crippen molar-refractivity contribution in [3.8, 4) is 0 Å². The van der Waals surface area contributed by atoms with Gasteiger partial charge in [0.2, 0.25) is 0 Å². The molecule has 1 saturated carbocycles. The van der Waals surface area contributed by atoms with Crippen LogP contribution < -0.4 is 0 Å². The Bertz CT molecular complexity index is 1200. The number of hydrogen-bond acceptors (Lipinski definition) is 3. The first-order chi connectivity index (χ1) is 16.7. The molecule has 3 rings (SSSR count). The second-order valence-corrected chi connectivity index (χ2v) is 12.0. The highest BCUT2D eigenvalue weighted by Crippen LogP contribution is 2.40. The molecular formula is C20H29NO3Si. The third-order valence-electron chi connectivity index (χ3n) is 4.57. The molecule has 0 aromatic heterocycles. The molecule has 3 atom stereocenters. The van der Waals surface area contributed by atoms with Gasteiger partial charge in [-0.2, -0.15) is 0 Å². The lowest BCUT2D eigenvalue weighted by molar-refractivity contribution is 0.0464. The topological polar surface area (TPSA) is 46.6 Å². The highest BCUT2D eigenvalue weighted by molar-refractivity contribution is 6.74. The molecule has 0 bridgehead atoms. The molecule has 2 amide bonds. The zero-order chi connectivity index (χ0) is 30.0. The first-order valence-corrected chi connectivity index (χ1v) is 10.7. The molecule has 136 valence electrons. The Morgan fingerprint density at radius 1 is 1.16 bits per heavy atom. The maximum absolute atomic E-state index is 13.4. The van der Waals surface area contributed by atoms with Crippen LogP contribution in [-0.2, 0) is 4.43 Å². The summed E-state index contributed by atoms with van der Waals surface area (Å²) in [7, 11) is -3.24. The summed E-state index contributed by atoms with van der Waals surface area (Å²) in [5.74, 6) is -3.19. The van der Waals surface area contributed by atoms with Crippen molar-refractivity contribution in [2.24, 2.45) is 0 Å². The number of carbonyl (C=O) groups excluding carboxylic acids is 2. The molecule has 4 nitrogen and oxygen atoms in total. The zero-order valence-electron chi connectivity index (χ0n) is 27.7. The van der Waals surface area contributed by atoms with Crippen LogP contribution in [0.1, 0.15) is 84.8 Å². The van der Waals surface area contributed by atoms with Crippen molar-refractivity contribution in [1.82, 2.24) is 4.90 Å². The molecular weight excluding hydrogens is 330 g/mol. The number of imide groups is 1. The van der Waals surface area contributed by atoms with Crippen molar-refractivity contribution in [1.29, 1.82) is 0 Å². The molecule has 1 aliphatic carbocycles. The third kappa shape index (κ3) is 3.32. The van der Waals surface area contributed by atoms with Gasteiger partial charge in [0.1, 0.15) is 0 Å². The summed E-state index contributed by atoms with van der Waals surface area (Å²) in [5, 5.41) is -0.702. The lowest BCUT2D eigenvalue weighted by Crippen LogP contribution is -2.47. The van der Waals surface area contributed by atoms with Gasteiger partial charge < -0.3 is 4.43 Å². The van der Waals surface area contributed by atoms with E-state index in [-0.39, 0.29) is 4.90 Å². The third-order valence-corrected chi connectivity index (χ3v) is 8.90. The van der Waals surface area contributed by atoms with Crippen LogP contribution >= 0.6 is 0 Å². The average Bonchev–Trinajstić information content (AvgIpc) is 3.03. The van der Waals surface area contributed by atoms with Crippen molar-refractivity contribution >= 4 is 20.1 Å². The number of carbonyl (C=O) groups is 2. The largest absolute Gasteiger partial charge is 0.414 e. The Morgan fingerprint density at radius 3 is 2.24 bits per heavy atom. The summed E-state index contributed by atoms with van der Waals surface area (Å²) >= 11 is 0. The summed E-state index contributed by atoms with van der Waals surface area (Å²) in [5.41, 5.74) is -1.78. The molecule has 5 heteroatoms. The fourth-order valence-corrected chi connectivity index (χ4v) is 3.00. The van der Waals surface area contributed by atoms with Gasteiger partial charge in [-0.1, -0.05) is 32.9 Å². The molecule has 2 aliphatic rings. The molecule has 1 aromatic rings. The predicted octanol–water partition coefficient (Wildman–Crippen LogP) is 4.62. The number of hydrogen-bond donors (Lipinski definition) is 0. The summed E-state index contributed by atoms with van der Waals surface area (Å²) in [6.07, 6.45) is -17.2. The molecule has 1 fully saturated rings. The van der Waals surface area contributed by atoms with Gasteiger partial charge in [-0.25, -0.2) is 0 Å². The fraction of sp³-hybridized carbons (Fsp3) is 0.600. The van der Waals surface area contributed by atoms with Gasteiger partial charge in [-0.05, 0) is 55.7 Å². The van der Waals surface area contributed by atoms with E-state index in [1.165, 1.54) is 0 Å². The monoisotopic (exact) mass is 372 g/mol. The van der Waals surface area contributed by atoms with Crippen molar-refractivity contribution in [3.63, 3.8) is 0 Å². The SMILES string of the molecule is [2H]c1c([2H])c([2H])c2c(c1[2H])C(=O)N([C@]1([2H])C([2H])C([2H])([2H])[C@@]([2H])(O[Si](C)(C)C(C)(C)C)C([2H])([2H])C1([2H])[2H])C2=O. The quantitative estimate of drug-likeness (QED) is 0.575. The highest BCUT2D eigenvalue weighted by Gasteiger charge is 2.43. The van der Waals surface area contributed by atoms with E-state index < -0.39 is 98.1 Å². The van der Waals surface area contributed by atoms with E-state index in [0.29, 0.717) is 0 Å². The number of amides is 2. The smallest absolute Gasteiger partial charge is 0.261 e. The summed E-state index contributed by atoms with van der Waals surface area (Å²) in [4.78, 5) is 26.6. The van der Waals surface area contributed by atoms with Gasteiger partial charge in [0.25, 0.3) is 11.8 Å². The predicted molar refractivity (Wildman–Crippen MR) is 101 cm³/mol. The Hall–Kier alpha value is -1.46. The fourth-order valence-electron chi connectivity index (χ4n) is 2.08. The van der Waals surface area contributed by atoms with Gasteiger partial charge in [-0.15, -0.1) is 0 Å². The summed E-state index contributed by atoms with van der Waals surface area (Å²) < 4.78 is 116. The van der Waals surface area contributed by atoms with E-state index in [0.717, 1.165) is 0 Å². The van der Waals surface area contributed by atoms with Gasteiger partial charge in [-0.3, -0.25) is 14.5 Å². The normalized spacial score (nSPS) is 47.0. The second-order valence-electron chi connectivity index (χ2n) is 7.31. The minimum Gasteiger partial charge on any atom is -0.414 e. The number of rotatable bonds is 3. The van der Waals surface area contributed by atoms with Crippen LogP contribution in [0.2, 0.25) is 18.1 Å². The van der Waals surface area contributed by atoms with Crippen molar-refractivity contribution in [2.75, 3.05) is 0 Å². The Kier molecular flexibility index (Phi) is 2.05. The van der Waals surface area contributed by atoms with Gasteiger partial charge in [0.05, 0.1) is 19.4 Å². The lowest BCUT2D eigenvalue weighted by Gasteiger charge is -2.42. The van der Waals surface area contributed by atoms with Crippen LogP contribution in [0.25, 0.3) is 0 Å². The highest BCUT2D eigenvalue weighted by atomic mass is 28.4. The first-order valence-electron chi connectivity index (χ1n) is 14.4. The molecule has 1 heterocycles. The van der Waals surface area contributed by atoms with E-state index >= 15 is 0 Å². The second kappa shape index (κ2) is 6.36. The molecule has 0 saturated heterocycles. The van der Waals surface area contributed by atoms with E-state index in [2.05, 4.69) is 0 Å². The molecule has 0 spiro atoms. The standard InChI is InChI=1S/C20H29NO3Si/c1-20(2,3)25(4,5)24-15-12-10-14(11-13-15)21-18(22)16-8-6-7-9-17(16)19(21)23/h6-9,14-15H,10-13H2,1-5H3/t14-,15-/i6D,7D,8D,9D,10D,11D2,12D2,13D2,14D,15D/t10?,14-,15-/m1/s1. The summed E-state index contributed by atoms with van der Waals surface area (Å²) in [6, 6.07) is -7.33. The van der Waals surface area contributed by atoms with Crippen molar-refractivity contribution in [2.45, 2.75) is 76.5 Å². The Balaban J connectivity index is 2.32. The lowest BCUT2D eigenvalue weighted by atomic mass is 9.92. The maximum Gasteiger partial charge on any atom is 0.261 e. The van der Waals surface area contributed by atoms with E-state index in [4.69, 9.17) is 22.2 Å². The molecule has 0 radical (unpaired) electrons. The van der Waals surface area contributed by atoms with Crippen LogP contribution in [0.5, 0.6) is 0 Å². The van der Waals surface area contributed by atoms with Crippen LogP contribution in [0.15, 0.2) is 24.2 Å². The van der Waals surface area contributed by atoms with Crippen LogP contribution in [0.4, 0.5) is 0 Å². The maximum atomic E-state index is 13.4. The Morgan fingerprint density at radius 2 is 1.72 bits per heavy atom. The van der Waals surface area contributed by atoms with Crippen LogP contribution in [0.3, 0.4) is 0 Å². The van der Waals surface area contributed by atoms with Gasteiger partial charge in [0, 0.05) is 21.7 Å². The molecule has 1 aromatic carbocycles.